The standard InChI is InChI=1S/C14H21N3/c15-16-12-8-13-6-7-14(9-12)17(13)10-11-4-2-1-3-5-11/h1-5,12-14,16H,6-10,15H2/t13-,14-/m1/s1. The number of hydrogen-bond acceptors (Lipinski definition) is 3. The third kappa shape index (κ3) is 2.23. The Hall–Kier alpha value is -0.900. The molecule has 2 fully saturated rings. The van der Waals surface area contributed by atoms with Crippen molar-refractivity contribution >= 4 is 0 Å². The minimum Gasteiger partial charge on any atom is -0.293 e. The molecule has 1 aromatic rings. The van der Waals surface area contributed by atoms with Crippen LogP contribution in [0.4, 0.5) is 0 Å². The van der Waals surface area contributed by atoms with E-state index in [9.17, 15) is 0 Å². The molecular formula is C14H21N3. The van der Waals surface area contributed by atoms with E-state index in [1.165, 1.54) is 31.2 Å². The minimum atomic E-state index is 0.527. The number of hydrogen-bond donors (Lipinski definition) is 2. The third-order valence-corrected chi connectivity index (χ3v) is 4.33. The highest BCUT2D eigenvalue weighted by molar-refractivity contribution is 5.15. The molecule has 2 saturated heterocycles. The van der Waals surface area contributed by atoms with Crippen molar-refractivity contribution in [3.05, 3.63) is 35.9 Å². The van der Waals surface area contributed by atoms with E-state index >= 15 is 0 Å². The zero-order valence-corrected chi connectivity index (χ0v) is 10.2. The van der Waals surface area contributed by atoms with Crippen LogP contribution in [0.2, 0.25) is 0 Å². The molecule has 0 saturated carbocycles. The number of rotatable bonds is 3. The quantitative estimate of drug-likeness (QED) is 0.614. The predicted octanol–water partition coefficient (Wildman–Crippen LogP) is 1.65. The molecule has 17 heavy (non-hydrogen) atoms. The Morgan fingerprint density at radius 1 is 1.12 bits per heavy atom. The molecule has 2 bridgehead atoms. The van der Waals surface area contributed by atoms with Gasteiger partial charge in [0.2, 0.25) is 0 Å². The summed E-state index contributed by atoms with van der Waals surface area (Å²) in [5.74, 6) is 5.58. The van der Waals surface area contributed by atoms with E-state index < -0.39 is 0 Å². The molecule has 3 nitrogen and oxygen atoms in total. The molecule has 0 amide bonds. The first-order valence-electron chi connectivity index (χ1n) is 6.62. The van der Waals surface area contributed by atoms with Crippen molar-refractivity contribution in [1.29, 1.82) is 0 Å². The van der Waals surface area contributed by atoms with Crippen LogP contribution in [0.15, 0.2) is 30.3 Å². The maximum atomic E-state index is 5.58. The second-order valence-corrected chi connectivity index (χ2v) is 5.38. The monoisotopic (exact) mass is 231 g/mol. The van der Waals surface area contributed by atoms with E-state index in [0.29, 0.717) is 6.04 Å². The van der Waals surface area contributed by atoms with Crippen LogP contribution in [0, 0.1) is 0 Å². The number of nitrogens with two attached hydrogens (primary N) is 1. The van der Waals surface area contributed by atoms with Crippen LogP contribution in [0.1, 0.15) is 31.2 Å². The summed E-state index contributed by atoms with van der Waals surface area (Å²) in [7, 11) is 0. The van der Waals surface area contributed by atoms with Crippen molar-refractivity contribution in [3.63, 3.8) is 0 Å². The maximum Gasteiger partial charge on any atom is 0.0240 e. The van der Waals surface area contributed by atoms with E-state index in [2.05, 4.69) is 40.7 Å². The Labute approximate surface area is 103 Å². The zero-order chi connectivity index (χ0) is 11.7. The van der Waals surface area contributed by atoms with Crippen molar-refractivity contribution < 1.29 is 0 Å². The third-order valence-electron chi connectivity index (χ3n) is 4.33. The van der Waals surface area contributed by atoms with Crippen LogP contribution in [-0.2, 0) is 6.54 Å². The fraction of sp³-hybridized carbons (Fsp3) is 0.571. The highest BCUT2D eigenvalue weighted by Gasteiger charge is 2.39. The molecule has 0 radical (unpaired) electrons. The van der Waals surface area contributed by atoms with Crippen molar-refractivity contribution in [3.8, 4) is 0 Å². The van der Waals surface area contributed by atoms with Crippen LogP contribution >= 0.6 is 0 Å². The molecule has 1 aromatic carbocycles. The molecule has 0 spiro atoms. The first-order chi connectivity index (χ1) is 8.36. The van der Waals surface area contributed by atoms with E-state index in [0.717, 1.165) is 18.6 Å². The molecule has 2 atom stereocenters. The molecule has 92 valence electrons. The molecule has 3 N–H and O–H groups in total. The smallest absolute Gasteiger partial charge is 0.0240 e. The van der Waals surface area contributed by atoms with E-state index in [-0.39, 0.29) is 0 Å². The second kappa shape index (κ2) is 4.77. The summed E-state index contributed by atoms with van der Waals surface area (Å²) in [6.45, 7) is 1.10. The Kier molecular flexibility index (Phi) is 3.14. The zero-order valence-electron chi connectivity index (χ0n) is 10.2. The first-order valence-corrected chi connectivity index (χ1v) is 6.62. The van der Waals surface area contributed by atoms with Crippen molar-refractivity contribution in [2.45, 2.75) is 50.4 Å². The predicted molar refractivity (Wildman–Crippen MR) is 69.1 cm³/mol. The lowest BCUT2D eigenvalue weighted by Crippen LogP contribution is -2.50. The summed E-state index contributed by atoms with van der Waals surface area (Å²) in [4.78, 5) is 2.68. The summed E-state index contributed by atoms with van der Waals surface area (Å²) >= 11 is 0. The fourth-order valence-corrected chi connectivity index (χ4v) is 3.46. The number of fused-ring (bicyclic) bond motifs is 2. The topological polar surface area (TPSA) is 41.3 Å². The number of benzene rings is 1. The second-order valence-electron chi connectivity index (χ2n) is 5.38. The van der Waals surface area contributed by atoms with Crippen LogP contribution in [0.5, 0.6) is 0 Å². The Morgan fingerprint density at radius 2 is 1.76 bits per heavy atom. The van der Waals surface area contributed by atoms with Gasteiger partial charge in [-0.1, -0.05) is 30.3 Å². The highest BCUT2D eigenvalue weighted by atomic mass is 15.3. The number of piperidine rings is 1. The molecule has 0 unspecified atom stereocenters. The minimum absolute atomic E-state index is 0.527. The molecule has 3 rings (SSSR count). The summed E-state index contributed by atoms with van der Waals surface area (Å²) in [5, 5.41) is 0. The number of hydrazine groups is 1. The maximum absolute atomic E-state index is 5.58. The first kappa shape index (κ1) is 11.2. The normalized spacial score (nSPS) is 32.9. The number of nitrogens with one attached hydrogen (secondary N) is 1. The van der Waals surface area contributed by atoms with Crippen molar-refractivity contribution in [2.75, 3.05) is 0 Å². The summed E-state index contributed by atoms with van der Waals surface area (Å²) in [6.07, 6.45) is 5.10. The highest BCUT2D eigenvalue weighted by Crippen LogP contribution is 2.36. The molecular weight excluding hydrogens is 210 g/mol. The lowest BCUT2D eigenvalue weighted by Gasteiger charge is -2.38. The fourth-order valence-electron chi connectivity index (χ4n) is 3.46. The van der Waals surface area contributed by atoms with Gasteiger partial charge in [0.1, 0.15) is 0 Å². The van der Waals surface area contributed by atoms with Crippen LogP contribution in [-0.4, -0.2) is 23.0 Å². The summed E-state index contributed by atoms with van der Waals surface area (Å²) < 4.78 is 0. The van der Waals surface area contributed by atoms with Gasteiger partial charge in [-0.2, -0.15) is 0 Å². The van der Waals surface area contributed by atoms with Gasteiger partial charge in [-0.25, -0.2) is 0 Å². The van der Waals surface area contributed by atoms with Gasteiger partial charge >= 0.3 is 0 Å². The Balaban J connectivity index is 1.69. The van der Waals surface area contributed by atoms with E-state index in [1.807, 2.05) is 0 Å². The van der Waals surface area contributed by atoms with Gasteiger partial charge in [0.05, 0.1) is 0 Å². The average Bonchev–Trinajstić information content (AvgIpc) is 2.63. The van der Waals surface area contributed by atoms with Gasteiger partial charge in [0.25, 0.3) is 0 Å². The van der Waals surface area contributed by atoms with Gasteiger partial charge < -0.3 is 0 Å². The molecule has 0 aromatic heterocycles. The van der Waals surface area contributed by atoms with Gasteiger partial charge in [-0.05, 0) is 31.2 Å². The largest absolute Gasteiger partial charge is 0.293 e. The van der Waals surface area contributed by atoms with Crippen molar-refractivity contribution in [2.24, 2.45) is 5.84 Å². The SMILES string of the molecule is NNC1C[C@H]2CC[C@H](C1)N2Cc1ccccc1. The van der Waals surface area contributed by atoms with Gasteiger partial charge in [-0.15, -0.1) is 0 Å². The van der Waals surface area contributed by atoms with Gasteiger partial charge in [-0.3, -0.25) is 16.2 Å². The average molecular weight is 231 g/mol. The Bertz CT molecular complexity index is 351. The molecule has 2 aliphatic rings. The number of nitrogens with zero attached hydrogens (tertiary/aromatic N) is 1. The molecule has 0 aliphatic carbocycles. The van der Waals surface area contributed by atoms with Gasteiger partial charge in [0, 0.05) is 24.7 Å². The summed E-state index contributed by atoms with van der Waals surface area (Å²) in [6, 6.07) is 12.8. The molecule has 2 aliphatic heterocycles. The molecule has 2 heterocycles. The van der Waals surface area contributed by atoms with Crippen LogP contribution < -0.4 is 11.3 Å². The van der Waals surface area contributed by atoms with Gasteiger partial charge in [0.15, 0.2) is 0 Å². The van der Waals surface area contributed by atoms with E-state index in [1.54, 1.807) is 0 Å². The van der Waals surface area contributed by atoms with Crippen molar-refractivity contribution in [1.82, 2.24) is 10.3 Å². The van der Waals surface area contributed by atoms with Crippen LogP contribution in [0.25, 0.3) is 0 Å². The Morgan fingerprint density at radius 3 is 2.35 bits per heavy atom. The summed E-state index contributed by atoms with van der Waals surface area (Å²) in [5.41, 5.74) is 4.40. The van der Waals surface area contributed by atoms with E-state index in [4.69, 9.17) is 5.84 Å². The van der Waals surface area contributed by atoms with Crippen LogP contribution in [0.3, 0.4) is 0 Å². The lowest BCUT2D eigenvalue weighted by molar-refractivity contribution is 0.109. The molecule has 3 heteroatoms. The lowest BCUT2D eigenvalue weighted by atomic mass is 9.97.